The van der Waals surface area contributed by atoms with E-state index >= 15 is 0 Å². The SMILES string of the molecule is COC(=O)CCN(CC(F)(F)F)C(=O)OCCO. The number of nitrogens with zero attached hydrogens (tertiary/aromatic N) is 1. The normalized spacial score (nSPS) is 10.9. The maximum atomic E-state index is 12.2. The molecule has 9 heteroatoms. The lowest BCUT2D eigenvalue weighted by molar-refractivity contribution is -0.148. The molecule has 1 N–H and O–H groups in total. The van der Waals surface area contributed by atoms with Crippen LogP contribution in [0, 0.1) is 0 Å². The number of rotatable bonds is 6. The van der Waals surface area contributed by atoms with Crippen LogP contribution in [0.5, 0.6) is 0 Å². The molecule has 0 heterocycles. The van der Waals surface area contributed by atoms with Gasteiger partial charge in [0.1, 0.15) is 13.2 Å². The lowest BCUT2D eigenvalue weighted by atomic mass is 10.4. The van der Waals surface area contributed by atoms with Crippen molar-refractivity contribution >= 4 is 12.1 Å². The molecule has 106 valence electrons. The Hall–Kier alpha value is -1.51. The zero-order valence-electron chi connectivity index (χ0n) is 9.70. The van der Waals surface area contributed by atoms with Crippen LogP contribution >= 0.6 is 0 Å². The number of aliphatic hydroxyl groups is 1. The van der Waals surface area contributed by atoms with Crippen molar-refractivity contribution < 1.29 is 37.3 Å². The molecule has 0 bridgehead atoms. The maximum absolute atomic E-state index is 12.2. The van der Waals surface area contributed by atoms with Crippen molar-refractivity contribution in [2.24, 2.45) is 0 Å². The van der Waals surface area contributed by atoms with Crippen LogP contribution < -0.4 is 0 Å². The van der Waals surface area contributed by atoms with Crippen molar-refractivity contribution in [2.75, 3.05) is 33.4 Å². The lowest BCUT2D eigenvalue weighted by Gasteiger charge is -2.22. The molecule has 18 heavy (non-hydrogen) atoms. The van der Waals surface area contributed by atoms with Crippen molar-refractivity contribution in [3.05, 3.63) is 0 Å². The van der Waals surface area contributed by atoms with Crippen molar-refractivity contribution in [2.45, 2.75) is 12.6 Å². The molecule has 0 aliphatic carbocycles. The lowest BCUT2D eigenvalue weighted by Crippen LogP contribution is -2.40. The molecule has 0 radical (unpaired) electrons. The summed E-state index contributed by atoms with van der Waals surface area (Å²) in [5.74, 6) is -0.739. The van der Waals surface area contributed by atoms with E-state index < -0.39 is 44.5 Å². The third-order valence-electron chi connectivity index (χ3n) is 1.76. The number of methoxy groups -OCH3 is 1. The fourth-order valence-electron chi connectivity index (χ4n) is 1.00. The van der Waals surface area contributed by atoms with Crippen molar-refractivity contribution in [1.29, 1.82) is 0 Å². The van der Waals surface area contributed by atoms with Gasteiger partial charge < -0.3 is 14.6 Å². The van der Waals surface area contributed by atoms with E-state index in [0.29, 0.717) is 4.90 Å². The third kappa shape index (κ3) is 7.71. The monoisotopic (exact) mass is 273 g/mol. The Labute approximate surface area is 101 Å². The molecule has 0 rings (SSSR count). The molecule has 6 nitrogen and oxygen atoms in total. The van der Waals surface area contributed by atoms with Crippen LogP contribution in [0.15, 0.2) is 0 Å². The van der Waals surface area contributed by atoms with Gasteiger partial charge in [0.05, 0.1) is 20.1 Å². The number of amides is 1. The predicted octanol–water partition coefficient (Wildman–Crippen LogP) is 0.543. The van der Waals surface area contributed by atoms with E-state index in [2.05, 4.69) is 9.47 Å². The molecular formula is C9H14F3NO5. The van der Waals surface area contributed by atoms with E-state index in [4.69, 9.17) is 5.11 Å². The molecule has 0 aromatic heterocycles. The molecule has 0 saturated heterocycles. The highest BCUT2D eigenvalue weighted by atomic mass is 19.4. The zero-order chi connectivity index (χ0) is 14.2. The maximum Gasteiger partial charge on any atom is 0.410 e. The quantitative estimate of drug-likeness (QED) is 0.715. The fraction of sp³-hybridized carbons (Fsp3) is 0.778. The van der Waals surface area contributed by atoms with E-state index in [0.717, 1.165) is 7.11 Å². The Kier molecular flexibility index (Phi) is 7.10. The molecular weight excluding hydrogens is 259 g/mol. The summed E-state index contributed by atoms with van der Waals surface area (Å²) in [4.78, 5) is 22.3. The fourth-order valence-corrected chi connectivity index (χ4v) is 1.00. The minimum Gasteiger partial charge on any atom is -0.469 e. The molecule has 0 unspecified atom stereocenters. The van der Waals surface area contributed by atoms with Crippen molar-refractivity contribution in [3.8, 4) is 0 Å². The average Bonchev–Trinajstić information content (AvgIpc) is 2.29. The molecule has 0 fully saturated rings. The van der Waals surface area contributed by atoms with Crippen LogP contribution in [-0.4, -0.2) is 61.7 Å². The number of alkyl halides is 3. The number of hydrogen-bond acceptors (Lipinski definition) is 5. The molecule has 0 aliphatic rings. The Morgan fingerprint density at radius 2 is 1.94 bits per heavy atom. The minimum atomic E-state index is -4.60. The van der Waals surface area contributed by atoms with Gasteiger partial charge in [-0.1, -0.05) is 0 Å². The van der Waals surface area contributed by atoms with Gasteiger partial charge in [-0.25, -0.2) is 4.79 Å². The highest BCUT2D eigenvalue weighted by Crippen LogP contribution is 2.17. The zero-order valence-corrected chi connectivity index (χ0v) is 9.70. The van der Waals surface area contributed by atoms with Gasteiger partial charge >= 0.3 is 18.2 Å². The second-order valence-corrected chi connectivity index (χ2v) is 3.20. The Balaban J connectivity index is 4.41. The second kappa shape index (κ2) is 7.75. The van der Waals surface area contributed by atoms with Crippen LogP contribution in [0.25, 0.3) is 0 Å². The van der Waals surface area contributed by atoms with Gasteiger partial charge in [-0.2, -0.15) is 13.2 Å². The summed E-state index contributed by atoms with van der Waals surface area (Å²) < 4.78 is 45.1. The standard InChI is InChI=1S/C9H14F3NO5/c1-17-7(15)2-3-13(6-9(10,11)12)8(16)18-5-4-14/h14H,2-6H2,1H3. The number of esters is 1. The first-order chi connectivity index (χ1) is 8.30. The first-order valence-electron chi connectivity index (χ1n) is 4.96. The summed E-state index contributed by atoms with van der Waals surface area (Å²) in [6, 6.07) is 0. The van der Waals surface area contributed by atoms with Crippen molar-refractivity contribution in [3.63, 3.8) is 0 Å². The van der Waals surface area contributed by atoms with E-state index in [1.165, 1.54) is 0 Å². The Bertz CT molecular complexity index is 282. The van der Waals surface area contributed by atoms with E-state index in [9.17, 15) is 22.8 Å². The van der Waals surface area contributed by atoms with Gasteiger partial charge in [-0.05, 0) is 0 Å². The summed E-state index contributed by atoms with van der Waals surface area (Å²) in [6.07, 6.45) is -6.22. The van der Waals surface area contributed by atoms with Gasteiger partial charge in [0, 0.05) is 6.54 Å². The first kappa shape index (κ1) is 16.5. The summed E-state index contributed by atoms with van der Waals surface area (Å²) in [5.41, 5.74) is 0. The van der Waals surface area contributed by atoms with Gasteiger partial charge in [0.2, 0.25) is 0 Å². The van der Waals surface area contributed by atoms with Crippen molar-refractivity contribution in [1.82, 2.24) is 4.90 Å². The van der Waals surface area contributed by atoms with Gasteiger partial charge in [0.25, 0.3) is 0 Å². The molecule has 0 aliphatic heterocycles. The second-order valence-electron chi connectivity index (χ2n) is 3.20. The number of carbonyl (C=O) groups excluding carboxylic acids is 2. The summed E-state index contributed by atoms with van der Waals surface area (Å²) >= 11 is 0. The van der Waals surface area contributed by atoms with Gasteiger partial charge in [-0.3, -0.25) is 9.69 Å². The van der Waals surface area contributed by atoms with Crippen LogP contribution in [0.1, 0.15) is 6.42 Å². The van der Waals surface area contributed by atoms with Gasteiger partial charge in [0.15, 0.2) is 0 Å². The molecule has 0 saturated carbocycles. The van der Waals surface area contributed by atoms with E-state index in [1.807, 2.05) is 0 Å². The summed E-state index contributed by atoms with van der Waals surface area (Å²) in [5, 5.41) is 8.39. The highest BCUT2D eigenvalue weighted by Gasteiger charge is 2.33. The van der Waals surface area contributed by atoms with Crippen LogP contribution in [0.2, 0.25) is 0 Å². The summed E-state index contributed by atoms with van der Waals surface area (Å²) in [6.45, 7) is -2.92. The van der Waals surface area contributed by atoms with E-state index in [1.54, 1.807) is 0 Å². The smallest absolute Gasteiger partial charge is 0.410 e. The number of aliphatic hydroxyl groups excluding tert-OH is 1. The Morgan fingerprint density at radius 1 is 1.33 bits per heavy atom. The topological polar surface area (TPSA) is 76.1 Å². The third-order valence-corrected chi connectivity index (χ3v) is 1.76. The van der Waals surface area contributed by atoms with Crippen LogP contribution in [-0.2, 0) is 14.3 Å². The van der Waals surface area contributed by atoms with Crippen LogP contribution in [0.4, 0.5) is 18.0 Å². The average molecular weight is 273 g/mol. The molecule has 0 atom stereocenters. The Morgan fingerprint density at radius 3 is 2.39 bits per heavy atom. The minimum absolute atomic E-state index is 0.326. The van der Waals surface area contributed by atoms with Crippen LogP contribution in [0.3, 0.4) is 0 Å². The number of halogens is 3. The molecule has 1 amide bonds. The molecule has 0 spiro atoms. The first-order valence-corrected chi connectivity index (χ1v) is 4.96. The van der Waals surface area contributed by atoms with E-state index in [-0.39, 0.29) is 6.42 Å². The number of carbonyl (C=O) groups is 2. The highest BCUT2D eigenvalue weighted by molar-refractivity contribution is 5.71. The summed E-state index contributed by atoms with van der Waals surface area (Å²) in [7, 11) is 1.08. The molecule has 0 aromatic carbocycles. The van der Waals surface area contributed by atoms with Gasteiger partial charge in [-0.15, -0.1) is 0 Å². The number of hydrogen-bond donors (Lipinski definition) is 1. The molecule has 0 aromatic rings. The largest absolute Gasteiger partial charge is 0.469 e. The predicted molar refractivity (Wildman–Crippen MR) is 52.7 cm³/mol. The number of ether oxygens (including phenoxy) is 2.